The summed E-state index contributed by atoms with van der Waals surface area (Å²) in [5.41, 5.74) is 0. The first-order chi connectivity index (χ1) is 3.27. The second-order valence-corrected chi connectivity index (χ2v) is 2.99. The number of halogens is 1. The van der Waals surface area contributed by atoms with Gasteiger partial charge < -0.3 is 5.32 Å². The van der Waals surface area contributed by atoms with E-state index in [9.17, 15) is 3.07 Å². The molecule has 44 valence electrons. The van der Waals surface area contributed by atoms with Gasteiger partial charge in [0.25, 0.3) is 0 Å². The largest absolute Gasteiger partial charge is 0.304 e. The monoisotopic (exact) mass is 215 g/mol. The van der Waals surface area contributed by atoms with Gasteiger partial charge in [0.15, 0.2) is 21.2 Å². The van der Waals surface area contributed by atoms with Gasteiger partial charge >= 0.3 is 0 Å². The van der Waals surface area contributed by atoms with E-state index in [1.54, 1.807) is 0 Å². The van der Waals surface area contributed by atoms with E-state index >= 15 is 0 Å². The van der Waals surface area contributed by atoms with Crippen LogP contribution in [0.15, 0.2) is 0 Å². The average molecular weight is 215 g/mol. The molecule has 0 heterocycles. The molecule has 0 aliphatic rings. The third kappa shape index (κ3) is 6.49. The number of rotatable bonds is 3. The normalized spacial score (nSPS) is 10.1. The molecule has 0 fully saturated rings. The van der Waals surface area contributed by atoms with E-state index in [1.165, 1.54) is 0 Å². The molecule has 0 rings (SSSR count). The molecule has 1 N–H and O–H groups in total. The Balaban J connectivity index is 2.81. The first-order valence-corrected chi connectivity index (χ1v) is 4.62. The van der Waals surface area contributed by atoms with Crippen molar-refractivity contribution in [3.63, 3.8) is 0 Å². The highest BCUT2D eigenvalue weighted by atomic mass is 127. The molecule has 0 aliphatic carbocycles. The Kier molecular flexibility index (Phi) is 4.97. The molecule has 0 saturated carbocycles. The van der Waals surface area contributed by atoms with Gasteiger partial charge in [0.2, 0.25) is 0 Å². The highest BCUT2D eigenvalue weighted by Gasteiger charge is 1.86. The third-order valence-corrected chi connectivity index (χ3v) is 1.29. The predicted molar refractivity (Wildman–Crippen MR) is 37.8 cm³/mol. The molecule has 0 unspecified atom stereocenters. The topological polar surface area (TPSA) is 29.1 Å². The lowest BCUT2D eigenvalue weighted by molar-refractivity contribution is 0.638. The molecule has 0 spiro atoms. The van der Waals surface area contributed by atoms with Crippen LogP contribution in [-0.2, 0) is 3.07 Å². The van der Waals surface area contributed by atoms with E-state index < -0.39 is 21.2 Å². The Labute approximate surface area is 54.3 Å². The molecular formula is C4H10INO. The minimum Gasteiger partial charge on any atom is -0.304 e. The van der Waals surface area contributed by atoms with Crippen molar-refractivity contribution in [1.82, 2.24) is 5.32 Å². The van der Waals surface area contributed by atoms with Crippen LogP contribution in [0.5, 0.6) is 0 Å². The van der Waals surface area contributed by atoms with Crippen LogP contribution in [-0.4, -0.2) is 10.6 Å². The van der Waals surface area contributed by atoms with Crippen LogP contribution in [0, 0.1) is 0 Å². The van der Waals surface area contributed by atoms with E-state index in [0.29, 0.717) is 10.6 Å². The lowest BCUT2D eigenvalue weighted by Crippen LogP contribution is -2.20. The van der Waals surface area contributed by atoms with Crippen molar-refractivity contribution in [2.24, 2.45) is 0 Å². The zero-order valence-electron chi connectivity index (χ0n) is 4.57. The van der Waals surface area contributed by atoms with Crippen molar-refractivity contribution >= 4 is 21.2 Å². The van der Waals surface area contributed by atoms with Crippen LogP contribution in [0.1, 0.15) is 13.8 Å². The molecular weight excluding hydrogens is 205 g/mol. The summed E-state index contributed by atoms with van der Waals surface area (Å²) in [5.74, 6) is 0. The number of hydrogen-bond acceptors (Lipinski definition) is 2. The SMILES string of the molecule is CC(C)NCI=O. The first kappa shape index (κ1) is 7.49. The van der Waals surface area contributed by atoms with Crippen molar-refractivity contribution in [3.8, 4) is 0 Å². The first-order valence-electron chi connectivity index (χ1n) is 2.22. The minimum atomic E-state index is -0.787. The van der Waals surface area contributed by atoms with Crippen LogP contribution in [0.25, 0.3) is 0 Å². The number of alkyl halides is 1. The Morgan fingerprint density at radius 1 is 1.71 bits per heavy atom. The molecule has 0 saturated heterocycles. The fraction of sp³-hybridized carbons (Fsp3) is 1.00. The summed E-state index contributed by atoms with van der Waals surface area (Å²) in [6.07, 6.45) is 0. The molecule has 7 heavy (non-hydrogen) atoms. The average Bonchev–Trinajstić information content (AvgIpc) is 1.61. The highest BCUT2D eigenvalue weighted by Crippen LogP contribution is 1.86. The molecule has 0 aromatic carbocycles. The van der Waals surface area contributed by atoms with Crippen molar-refractivity contribution in [1.29, 1.82) is 0 Å². The maximum absolute atomic E-state index is 9.88. The lowest BCUT2D eigenvalue weighted by Gasteiger charge is -1.99. The van der Waals surface area contributed by atoms with Gasteiger partial charge in [0, 0.05) is 6.04 Å². The summed E-state index contributed by atoms with van der Waals surface area (Å²) < 4.78 is 10.6. The molecule has 2 nitrogen and oxygen atoms in total. The molecule has 0 aromatic heterocycles. The van der Waals surface area contributed by atoms with E-state index in [4.69, 9.17) is 0 Å². The van der Waals surface area contributed by atoms with Crippen molar-refractivity contribution in [2.75, 3.05) is 4.55 Å². The summed E-state index contributed by atoms with van der Waals surface area (Å²) in [5, 5.41) is 3.03. The van der Waals surface area contributed by atoms with Gasteiger partial charge in [-0.25, -0.2) is 0 Å². The molecule has 0 aliphatic heterocycles. The van der Waals surface area contributed by atoms with Crippen LogP contribution in [0.2, 0.25) is 0 Å². The van der Waals surface area contributed by atoms with Gasteiger partial charge in [-0.1, -0.05) is 13.8 Å². The van der Waals surface area contributed by atoms with Gasteiger partial charge in [0.05, 0.1) is 4.55 Å². The van der Waals surface area contributed by atoms with E-state index in [1.807, 2.05) is 13.8 Å². The van der Waals surface area contributed by atoms with Gasteiger partial charge in [-0.2, -0.15) is 0 Å². The maximum atomic E-state index is 9.88. The lowest BCUT2D eigenvalue weighted by atomic mass is 10.4. The molecule has 0 amide bonds. The van der Waals surface area contributed by atoms with Crippen molar-refractivity contribution in [2.45, 2.75) is 19.9 Å². The Morgan fingerprint density at radius 3 is 2.43 bits per heavy atom. The Bertz CT molecular complexity index is 55.7. The van der Waals surface area contributed by atoms with Crippen LogP contribution in [0.4, 0.5) is 0 Å². The predicted octanol–water partition coefficient (Wildman–Crippen LogP) is 1.26. The van der Waals surface area contributed by atoms with Crippen LogP contribution in [0.3, 0.4) is 0 Å². The summed E-state index contributed by atoms with van der Waals surface area (Å²) in [6, 6.07) is 0.480. The highest BCUT2D eigenvalue weighted by molar-refractivity contribution is 14.1. The Morgan fingerprint density at radius 2 is 2.29 bits per heavy atom. The van der Waals surface area contributed by atoms with Crippen LogP contribution < -0.4 is 5.32 Å². The van der Waals surface area contributed by atoms with Crippen molar-refractivity contribution in [3.05, 3.63) is 0 Å². The molecule has 0 radical (unpaired) electrons. The molecule has 0 aromatic rings. The number of hydrogen-bond donors (Lipinski definition) is 1. The second-order valence-electron chi connectivity index (χ2n) is 1.60. The quantitative estimate of drug-likeness (QED) is 0.436. The van der Waals surface area contributed by atoms with Gasteiger partial charge in [0.1, 0.15) is 0 Å². The summed E-state index contributed by atoms with van der Waals surface area (Å²) in [6.45, 7) is 4.08. The number of nitrogens with one attached hydrogen (secondary N) is 1. The Hall–Kier alpha value is 0.490. The van der Waals surface area contributed by atoms with Gasteiger partial charge in [-0.3, -0.25) is 3.07 Å². The minimum absolute atomic E-state index is 0.480. The standard InChI is InChI=1S/C4H10INO/c1-4(2)6-3-5-7/h4,6H,3H2,1-2H3. The van der Waals surface area contributed by atoms with E-state index in [0.717, 1.165) is 0 Å². The zero-order chi connectivity index (χ0) is 5.70. The zero-order valence-corrected chi connectivity index (χ0v) is 6.73. The maximum Gasteiger partial charge on any atom is 0.159 e. The van der Waals surface area contributed by atoms with Gasteiger partial charge in [-0.15, -0.1) is 0 Å². The summed E-state index contributed by atoms with van der Waals surface area (Å²) >= 11 is -0.787. The molecule has 3 heteroatoms. The van der Waals surface area contributed by atoms with E-state index in [2.05, 4.69) is 5.32 Å². The molecule has 0 bridgehead atoms. The smallest absolute Gasteiger partial charge is 0.159 e. The molecule has 0 atom stereocenters. The summed E-state index contributed by atoms with van der Waals surface area (Å²) in [4.78, 5) is 0. The summed E-state index contributed by atoms with van der Waals surface area (Å²) in [7, 11) is 0. The fourth-order valence-electron chi connectivity index (χ4n) is 0.186. The second kappa shape index (κ2) is 4.64. The van der Waals surface area contributed by atoms with Crippen LogP contribution >= 0.6 is 21.2 Å². The van der Waals surface area contributed by atoms with E-state index in [-0.39, 0.29) is 0 Å². The fourth-order valence-corrected chi connectivity index (χ4v) is 1.25. The van der Waals surface area contributed by atoms with Gasteiger partial charge in [-0.05, 0) is 0 Å². The third-order valence-electron chi connectivity index (χ3n) is 0.540. The van der Waals surface area contributed by atoms with Crippen molar-refractivity contribution < 1.29 is 3.07 Å².